The summed E-state index contributed by atoms with van der Waals surface area (Å²) in [7, 11) is 1.16. The molecule has 0 aliphatic rings. The number of aliphatic hydroxyl groups is 1. The SMILES string of the molecule is COC(=O)[C@H](CO)NC(=O)CCC(=O)c1cccs1. The van der Waals surface area contributed by atoms with Gasteiger partial charge in [0, 0.05) is 12.8 Å². The van der Waals surface area contributed by atoms with Gasteiger partial charge < -0.3 is 15.2 Å². The van der Waals surface area contributed by atoms with E-state index in [2.05, 4.69) is 10.1 Å². The van der Waals surface area contributed by atoms with Gasteiger partial charge in [0.25, 0.3) is 0 Å². The monoisotopic (exact) mass is 285 g/mol. The van der Waals surface area contributed by atoms with Gasteiger partial charge in [-0.3, -0.25) is 9.59 Å². The van der Waals surface area contributed by atoms with E-state index >= 15 is 0 Å². The number of nitrogens with one attached hydrogen (secondary N) is 1. The first-order valence-electron chi connectivity index (χ1n) is 5.63. The minimum Gasteiger partial charge on any atom is -0.467 e. The Morgan fingerprint density at radius 2 is 2.16 bits per heavy atom. The zero-order chi connectivity index (χ0) is 14.3. The minimum atomic E-state index is -1.09. The Hall–Kier alpha value is -1.73. The van der Waals surface area contributed by atoms with Gasteiger partial charge in [-0.25, -0.2) is 4.79 Å². The number of aliphatic hydroxyl groups excluding tert-OH is 1. The molecule has 1 aromatic rings. The van der Waals surface area contributed by atoms with Gasteiger partial charge in [-0.1, -0.05) is 6.07 Å². The summed E-state index contributed by atoms with van der Waals surface area (Å²) in [4.78, 5) is 34.9. The van der Waals surface area contributed by atoms with Crippen molar-refractivity contribution >= 4 is 29.0 Å². The first-order chi connectivity index (χ1) is 9.08. The van der Waals surface area contributed by atoms with Crippen LogP contribution in [-0.2, 0) is 14.3 Å². The molecular formula is C12H15NO5S. The smallest absolute Gasteiger partial charge is 0.330 e. The number of hydrogen-bond acceptors (Lipinski definition) is 6. The van der Waals surface area contributed by atoms with Crippen LogP contribution in [-0.4, -0.2) is 42.5 Å². The van der Waals surface area contributed by atoms with Crippen LogP contribution < -0.4 is 5.32 Å². The van der Waals surface area contributed by atoms with Gasteiger partial charge in [-0.05, 0) is 11.4 Å². The standard InChI is InChI=1S/C12H15NO5S/c1-18-12(17)8(7-14)13-11(16)5-4-9(15)10-3-2-6-19-10/h2-3,6,8,14H,4-5,7H2,1H3,(H,13,16)/t8-/m0/s1. The van der Waals surface area contributed by atoms with Crippen LogP contribution in [0.25, 0.3) is 0 Å². The van der Waals surface area contributed by atoms with Gasteiger partial charge in [-0.15, -0.1) is 11.3 Å². The van der Waals surface area contributed by atoms with Gasteiger partial charge in [0.2, 0.25) is 5.91 Å². The third-order valence-corrected chi connectivity index (χ3v) is 3.29. The van der Waals surface area contributed by atoms with Crippen LogP contribution in [0.4, 0.5) is 0 Å². The summed E-state index contributed by atoms with van der Waals surface area (Å²) < 4.78 is 4.41. The maximum absolute atomic E-state index is 11.6. The van der Waals surface area contributed by atoms with Gasteiger partial charge >= 0.3 is 5.97 Å². The first kappa shape index (κ1) is 15.3. The lowest BCUT2D eigenvalue weighted by Gasteiger charge is -2.13. The largest absolute Gasteiger partial charge is 0.467 e. The van der Waals surface area contributed by atoms with E-state index in [1.54, 1.807) is 17.5 Å². The normalized spacial score (nSPS) is 11.7. The van der Waals surface area contributed by atoms with Crippen molar-refractivity contribution in [2.45, 2.75) is 18.9 Å². The third-order valence-electron chi connectivity index (χ3n) is 2.38. The number of rotatable bonds is 7. The van der Waals surface area contributed by atoms with Crippen LogP contribution in [0.5, 0.6) is 0 Å². The first-order valence-corrected chi connectivity index (χ1v) is 6.51. The number of Topliss-reactive ketones (excluding diaryl/α,β-unsaturated/α-hetero) is 1. The predicted molar refractivity (Wildman–Crippen MR) is 68.9 cm³/mol. The second-order valence-electron chi connectivity index (χ2n) is 3.73. The van der Waals surface area contributed by atoms with Crippen molar-refractivity contribution in [3.8, 4) is 0 Å². The van der Waals surface area contributed by atoms with Crippen molar-refractivity contribution < 1.29 is 24.2 Å². The van der Waals surface area contributed by atoms with Crippen molar-refractivity contribution in [1.29, 1.82) is 0 Å². The molecule has 1 heterocycles. The van der Waals surface area contributed by atoms with Crippen molar-refractivity contribution in [1.82, 2.24) is 5.32 Å². The van der Waals surface area contributed by atoms with Crippen molar-refractivity contribution in [2.24, 2.45) is 0 Å². The highest BCUT2D eigenvalue weighted by Gasteiger charge is 2.20. The van der Waals surface area contributed by atoms with Crippen molar-refractivity contribution in [2.75, 3.05) is 13.7 Å². The summed E-state index contributed by atoms with van der Waals surface area (Å²) in [6.45, 7) is -0.544. The molecular weight excluding hydrogens is 270 g/mol. The number of amides is 1. The summed E-state index contributed by atoms with van der Waals surface area (Å²) in [5.74, 6) is -1.32. The van der Waals surface area contributed by atoms with E-state index in [1.807, 2.05) is 0 Å². The van der Waals surface area contributed by atoms with Gasteiger partial charge in [0.05, 0.1) is 18.6 Å². The molecule has 1 aromatic heterocycles. The molecule has 0 saturated carbocycles. The number of hydrogen-bond donors (Lipinski definition) is 2. The minimum absolute atomic E-state index is 0.0375. The molecule has 0 unspecified atom stereocenters. The highest BCUT2D eigenvalue weighted by molar-refractivity contribution is 7.12. The van der Waals surface area contributed by atoms with Crippen LogP contribution >= 0.6 is 11.3 Å². The fourth-order valence-corrected chi connectivity index (χ4v) is 2.07. The summed E-state index contributed by atoms with van der Waals surface area (Å²) in [6.07, 6.45) is 0.0237. The molecule has 0 spiro atoms. The van der Waals surface area contributed by atoms with E-state index in [1.165, 1.54) is 11.3 Å². The lowest BCUT2D eigenvalue weighted by atomic mass is 10.2. The molecule has 0 saturated heterocycles. The van der Waals surface area contributed by atoms with E-state index in [4.69, 9.17) is 5.11 Å². The molecule has 1 rings (SSSR count). The van der Waals surface area contributed by atoms with E-state index in [0.29, 0.717) is 4.88 Å². The van der Waals surface area contributed by atoms with Gasteiger partial charge in [0.15, 0.2) is 11.8 Å². The Labute approximate surface area is 114 Å². The molecule has 0 radical (unpaired) electrons. The summed E-state index contributed by atoms with van der Waals surface area (Å²) in [6, 6.07) is 2.36. The fourth-order valence-electron chi connectivity index (χ4n) is 1.38. The van der Waals surface area contributed by atoms with Crippen molar-refractivity contribution in [3.05, 3.63) is 22.4 Å². The fraction of sp³-hybridized carbons (Fsp3) is 0.417. The summed E-state index contributed by atoms with van der Waals surface area (Å²) in [5.41, 5.74) is 0. The topological polar surface area (TPSA) is 92.7 Å². The van der Waals surface area contributed by atoms with Crippen LogP contribution in [0.15, 0.2) is 17.5 Å². The molecule has 6 nitrogen and oxygen atoms in total. The Balaban J connectivity index is 2.39. The average molecular weight is 285 g/mol. The molecule has 2 N–H and O–H groups in total. The molecule has 0 aliphatic heterocycles. The lowest BCUT2D eigenvalue weighted by molar-refractivity contribution is -0.146. The Morgan fingerprint density at radius 3 is 2.68 bits per heavy atom. The maximum atomic E-state index is 11.6. The van der Waals surface area contributed by atoms with Gasteiger partial charge in [0.1, 0.15) is 0 Å². The molecule has 0 bridgehead atoms. The number of ketones is 1. The van der Waals surface area contributed by atoms with Crippen molar-refractivity contribution in [3.63, 3.8) is 0 Å². The number of thiophene rings is 1. The Morgan fingerprint density at radius 1 is 1.42 bits per heavy atom. The number of methoxy groups -OCH3 is 1. The summed E-state index contributed by atoms with van der Waals surface area (Å²) >= 11 is 1.31. The van der Waals surface area contributed by atoms with E-state index < -0.39 is 24.5 Å². The third kappa shape index (κ3) is 4.80. The highest BCUT2D eigenvalue weighted by Crippen LogP contribution is 2.12. The average Bonchev–Trinajstić information content (AvgIpc) is 2.95. The summed E-state index contributed by atoms with van der Waals surface area (Å²) in [5, 5.41) is 13.0. The number of ether oxygens (including phenoxy) is 1. The molecule has 1 atom stereocenters. The molecule has 1 amide bonds. The zero-order valence-corrected chi connectivity index (χ0v) is 11.2. The van der Waals surface area contributed by atoms with Crippen LogP contribution in [0, 0.1) is 0 Å². The maximum Gasteiger partial charge on any atom is 0.330 e. The lowest BCUT2D eigenvalue weighted by Crippen LogP contribution is -2.44. The highest BCUT2D eigenvalue weighted by atomic mass is 32.1. The predicted octanol–water partition coefficient (Wildman–Crippen LogP) is 0.361. The van der Waals surface area contributed by atoms with Crippen LogP contribution in [0.1, 0.15) is 22.5 Å². The quantitative estimate of drug-likeness (QED) is 0.557. The zero-order valence-electron chi connectivity index (χ0n) is 10.4. The van der Waals surface area contributed by atoms with E-state index in [0.717, 1.165) is 7.11 Å². The second-order valence-corrected chi connectivity index (χ2v) is 4.67. The second kappa shape index (κ2) is 7.65. The Kier molecular flexibility index (Phi) is 6.17. The number of esters is 1. The Bertz CT molecular complexity index is 443. The molecule has 7 heteroatoms. The van der Waals surface area contributed by atoms with Crippen LogP contribution in [0.3, 0.4) is 0 Å². The van der Waals surface area contributed by atoms with Crippen LogP contribution in [0.2, 0.25) is 0 Å². The molecule has 19 heavy (non-hydrogen) atoms. The van der Waals surface area contributed by atoms with Gasteiger partial charge in [-0.2, -0.15) is 0 Å². The number of carbonyl (C=O) groups is 3. The van der Waals surface area contributed by atoms with E-state index in [9.17, 15) is 14.4 Å². The molecule has 0 aromatic carbocycles. The number of carbonyl (C=O) groups excluding carboxylic acids is 3. The molecule has 104 valence electrons. The molecule has 0 aliphatic carbocycles. The molecule has 0 fully saturated rings. The van der Waals surface area contributed by atoms with E-state index in [-0.39, 0.29) is 18.6 Å².